The number of rotatable bonds is 10. The molecule has 38 heavy (non-hydrogen) atoms. The predicted octanol–water partition coefficient (Wildman–Crippen LogP) is 6.52. The smallest absolute Gasteiger partial charge is 0.338 e. The number of hydrogen-bond donors (Lipinski definition) is 2. The van der Waals surface area contributed by atoms with Crippen molar-refractivity contribution < 1.29 is 19.1 Å². The Hall–Kier alpha value is -4.36. The average molecular weight is 525 g/mol. The molecule has 0 aliphatic rings. The lowest BCUT2D eigenvalue weighted by molar-refractivity contribution is -0.116. The van der Waals surface area contributed by atoms with Gasteiger partial charge in [-0.1, -0.05) is 66.7 Å². The molecule has 0 aromatic heterocycles. The largest absolute Gasteiger partial charge is 0.462 e. The van der Waals surface area contributed by atoms with Gasteiger partial charge in [0.2, 0.25) is 11.8 Å². The number of ether oxygens (including phenoxy) is 1. The van der Waals surface area contributed by atoms with Crippen molar-refractivity contribution in [2.24, 2.45) is 0 Å². The van der Waals surface area contributed by atoms with Crippen molar-refractivity contribution >= 4 is 40.9 Å². The van der Waals surface area contributed by atoms with Crippen LogP contribution in [0.2, 0.25) is 0 Å². The first kappa shape index (κ1) is 26.7. The van der Waals surface area contributed by atoms with Gasteiger partial charge in [-0.15, -0.1) is 11.8 Å². The van der Waals surface area contributed by atoms with Crippen LogP contribution in [-0.2, 0) is 20.7 Å². The van der Waals surface area contributed by atoms with Gasteiger partial charge in [-0.3, -0.25) is 9.59 Å². The number of carbonyl (C=O) groups is 3. The van der Waals surface area contributed by atoms with Gasteiger partial charge in [-0.25, -0.2) is 4.79 Å². The molecule has 0 bridgehead atoms. The number of thioether (sulfide) groups is 1. The van der Waals surface area contributed by atoms with Gasteiger partial charge >= 0.3 is 5.97 Å². The molecule has 4 aromatic rings. The van der Waals surface area contributed by atoms with E-state index < -0.39 is 11.2 Å². The standard InChI is InChI=1S/C31H28N2O4S/c1-2-37-31(36)24-16-18-25(19-17-24)33-30(35)29(23-12-7-4-8-13-23)38-27-15-9-14-26(21-27)32-28(34)20-22-10-5-3-6-11-22/h3-19,21,29H,2,20H2,1H3,(H,32,34)(H,33,35). The summed E-state index contributed by atoms with van der Waals surface area (Å²) in [6, 6.07) is 33.1. The molecule has 7 heteroatoms. The van der Waals surface area contributed by atoms with Crippen LogP contribution in [-0.4, -0.2) is 24.4 Å². The number of carbonyl (C=O) groups excluding carboxylic acids is 3. The fraction of sp³-hybridized carbons (Fsp3) is 0.129. The molecule has 4 aromatic carbocycles. The highest BCUT2D eigenvalue weighted by atomic mass is 32.2. The quantitative estimate of drug-likeness (QED) is 0.182. The molecule has 0 aliphatic heterocycles. The first-order valence-corrected chi connectivity index (χ1v) is 13.1. The lowest BCUT2D eigenvalue weighted by Gasteiger charge is -2.18. The molecular weight excluding hydrogens is 496 g/mol. The van der Waals surface area contributed by atoms with Crippen LogP contribution in [0.4, 0.5) is 11.4 Å². The zero-order valence-corrected chi connectivity index (χ0v) is 21.7. The maximum absolute atomic E-state index is 13.4. The van der Waals surface area contributed by atoms with Crippen LogP contribution in [0.15, 0.2) is 114 Å². The van der Waals surface area contributed by atoms with Crippen LogP contribution in [0.3, 0.4) is 0 Å². The molecule has 6 nitrogen and oxygen atoms in total. The third kappa shape index (κ3) is 7.57. The van der Waals surface area contributed by atoms with Crippen LogP contribution in [0.1, 0.15) is 33.7 Å². The average Bonchev–Trinajstić information content (AvgIpc) is 2.93. The van der Waals surface area contributed by atoms with E-state index in [0.717, 1.165) is 16.0 Å². The van der Waals surface area contributed by atoms with Crippen molar-refractivity contribution in [3.8, 4) is 0 Å². The van der Waals surface area contributed by atoms with Gasteiger partial charge in [-0.05, 0) is 60.5 Å². The number of hydrogen-bond acceptors (Lipinski definition) is 5. The van der Waals surface area contributed by atoms with E-state index in [1.54, 1.807) is 31.2 Å². The van der Waals surface area contributed by atoms with Gasteiger partial charge < -0.3 is 15.4 Å². The van der Waals surface area contributed by atoms with Gasteiger partial charge in [0.25, 0.3) is 0 Å². The van der Waals surface area contributed by atoms with E-state index in [4.69, 9.17) is 4.74 Å². The number of nitrogens with one attached hydrogen (secondary N) is 2. The van der Waals surface area contributed by atoms with Crippen LogP contribution < -0.4 is 10.6 Å². The third-order valence-electron chi connectivity index (χ3n) is 5.58. The monoisotopic (exact) mass is 524 g/mol. The number of esters is 1. The Morgan fingerprint density at radius 1 is 0.763 bits per heavy atom. The second-order valence-electron chi connectivity index (χ2n) is 8.43. The molecule has 0 radical (unpaired) electrons. The fourth-order valence-corrected chi connectivity index (χ4v) is 4.87. The minimum atomic E-state index is -0.545. The number of anilines is 2. The van der Waals surface area contributed by atoms with E-state index in [0.29, 0.717) is 23.5 Å². The van der Waals surface area contributed by atoms with Crippen LogP contribution >= 0.6 is 11.8 Å². The summed E-state index contributed by atoms with van der Waals surface area (Å²) in [5, 5.41) is 5.35. The summed E-state index contributed by atoms with van der Waals surface area (Å²) in [7, 11) is 0. The van der Waals surface area contributed by atoms with Crippen molar-refractivity contribution in [2.75, 3.05) is 17.2 Å². The highest BCUT2D eigenvalue weighted by molar-refractivity contribution is 8.00. The van der Waals surface area contributed by atoms with Crippen molar-refractivity contribution in [1.29, 1.82) is 0 Å². The van der Waals surface area contributed by atoms with Gasteiger partial charge in [-0.2, -0.15) is 0 Å². The maximum atomic E-state index is 13.4. The minimum absolute atomic E-state index is 0.109. The topological polar surface area (TPSA) is 84.5 Å². The number of amides is 2. The van der Waals surface area contributed by atoms with E-state index in [-0.39, 0.29) is 18.2 Å². The first-order chi connectivity index (χ1) is 18.5. The normalized spacial score (nSPS) is 11.3. The van der Waals surface area contributed by atoms with Crippen LogP contribution in [0, 0.1) is 0 Å². The summed E-state index contributed by atoms with van der Waals surface area (Å²) >= 11 is 1.39. The van der Waals surface area contributed by atoms with E-state index >= 15 is 0 Å². The van der Waals surface area contributed by atoms with Gasteiger partial charge in [0.05, 0.1) is 18.6 Å². The molecule has 0 spiro atoms. The summed E-state index contributed by atoms with van der Waals surface area (Å²) in [5.74, 6) is -0.718. The molecule has 2 amide bonds. The molecule has 0 heterocycles. The van der Waals surface area contributed by atoms with Gasteiger partial charge in [0.15, 0.2) is 0 Å². The molecule has 2 N–H and O–H groups in total. The number of benzene rings is 4. The van der Waals surface area contributed by atoms with E-state index in [9.17, 15) is 14.4 Å². The van der Waals surface area contributed by atoms with Gasteiger partial charge in [0, 0.05) is 16.3 Å². The van der Waals surface area contributed by atoms with Crippen molar-refractivity contribution in [3.63, 3.8) is 0 Å². The first-order valence-electron chi connectivity index (χ1n) is 12.3. The Morgan fingerprint density at radius 2 is 1.45 bits per heavy atom. The molecule has 0 saturated carbocycles. The highest BCUT2D eigenvalue weighted by Gasteiger charge is 2.22. The lowest BCUT2D eigenvalue weighted by atomic mass is 10.1. The molecule has 0 aliphatic carbocycles. The molecule has 192 valence electrons. The molecule has 0 saturated heterocycles. The van der Waals surface area contributed by atoms with Crippen molar-refractivity contribution in [3.05, 3.63) is 126 Å². The molecular formula is C31H28N2O4S. The molecule has 4 rings (SSSR count). The summed E-state index contributed by atoms with van der Waals surface area (Å²) in [6.07, 6.45) is 0.280. The van der Waals surface area contributed by atoms with E-state index in [1.165, 1.54) is 11.8 Å². The predicted molar refractivity (Wildman–Crippen MR) is 151 cm³/mol. The summed E-state index contributed by atoms with van der Waals surface area (Å²) < 4.78 is 5.02. The van der Waals surface area contributed by atoms with Gasteiger partial charge in [0.1, 0.15) is 5.25 Å². The Morgan fingerprint density at radius 3 is 2.13 bits per heavy atom. The second kappa shape index (κ2) is 13.3. The van der Waals surface area contributed by atoms with E-state index in [1.807, 2.05) is 84.9 Å². The zero-order valence-electron chi connectivity index (χ0n) is 20.9. The third-order valence-corrected chi connectivity index (χ3v) is 6.83. The Kier molecular flexibility index (Phi) is 9.32. The summed E-state index contributed by atoms with van der Waals surface area (Å²) in [4.78, 5) is 38.7. The molecule has 0 fully saturated rings. The van der Waals surface area contributed by atoms with Crippen molar-refractivity contribution in [1.82, 2.24) is 0 Å². The zero-order chi connectivity index (χ0) is 26.7. The molecule has 1 atom stereocenters. The fourth-order valence-electron chi connectivity index (χ4n) is 3.78. The highest BCUT2D eigenvalue weighted by Crippen LogP contribution is 2.37. The minimum Gasteiger partial charge on any atom is -0.462 e. The van der Waals surface area contributed by atoms with Crippen LogP contribution in [0.25, 0.3) is 0 Å². The Balaban J connectivity index is 1.47. The van der Waals surface area contributed by atoms with Crippen LogP contribution in [0.5, 0.6) is 0 Å². The van der Waals surface area contributed by atoms with E-state index in [2.05, 4.69) is 10.6 Å². The van der Waals surface area contributed by atoms with Crippen molar-refractivity contribution in [2.45, 2.75) is 23.5 Å². The Labute approximate surface area is 226 Å². The summed E-state index contributed by atoms with van der Waals surface area (Å²) in [5.41, 5.74) is 3.44. The Bertz CT molecular complexity index is 1380. The SMILES string of the molecule is CCOC(=O)c1ccc(NC(=O)C(Sc2cccc(NC(=O)Cc3ccccc3)c2)c2ccccc2)cc1. The lowest BCUT2D eigenvalue weighted by Crippen LogP contribution is -2.19. The second-order valence-corrected chi connectivity index (χ2v) is 9.61. The molecule has 1 unspecified atom stereocenters. The maximum Gasteiger partial charge on any atom is 0.338 e. The summed E-state index contributed by atoms with van der Waals surface area (Å²) in [6.45, 7) is 2.05.